The first kappa shape index (κ1) is 14.1. The second-order valence-corrected chi connectivity index (χ2v) is 6.63. The van der Waals surface area contributed by atoms with Crippen LogP contribution in [0.2, 0.25) is 0 Å². The number of nitrogens with two attached hydrogens (primary N) is 1. The van der Waals surface area contributed by atoms with Crippen molar-refractivity contribution >= 4 is 31.6 Å². The monoisotopic (exact) mass is 344 g/mol. The summed E-state index contributed by atoms with van der Waals surface area (Å²) in [6.07, 6.45) is 1.49. The molecule has 2 rings (SSSR count). The van der Waals surface area contributed by atoms with Gasteiger partial charge in [-0.15, -0.1) is 0 Å². The van der Waals surface area contributed by atoms with Crippen LogP contribution < -0.4 is 10.5 Å². The van der Waals surface area contributed by atoms with Crippen LogP contribution in [0.15, 0.2) is 44.3 Å². The number of anilines is 1. The highest BCUT2D eigenvalue weighted by Gasteiger charge is 2.18. The molecule has 5 nitrogen and oxygen atoms in total. The number of nitrogens with one attached hydrogen (secondary N) is 1. The SMILES string of the molecule is Cc1cc(Br)c(N)cc1S(=O)(=O)NCc1ccco1. The molecule has 0 saturated heterocycles. The topological polar surface area (TPSA) is 85.3 Å². The summed E-state index contributed by atoms with van der Waals surface area (Å²) in [5, 5.41) is 0. The van der Waals surface area contributed by atoms with Gasteiger partial charge in [0.05, 0.1) is 17.7 Å². The minimum atomic E-state index is -3.62. The fourth-order valence-electron chi connectivity index (χ4n) is 1.62. The molecule has 3 N–H and O–H groups in total. The zero-order valence-electron chi connectivity index (χ0n) is 10.2. The third-order valence-corrected chi connectivity index (χ3v) is 4.83. The first-order chi connectivity index (χ1) is 8.90. The highest BCUT2D eigenvalue weighted by Crippen LogP contribution is 2.26. The van der Waals surface area contributed by atoms with E-state index in [1.165, 1.54) is 12.3 Å². The maximum atomic E-state index is 12.2. The van der Waals surface area contributed by atoms with E-state index in [-0.39, 0.29) is 11.4 Å². The molecule has 1 aromatic heterocycles. The average Bonchev–Trinajstić information content (AvgIpc) is 2.84. The number of hydrogen-bond acceptors (Lipinski definition) is 4. The molecule has 0 radical (unpaired) electrons. The predicted molar refractivity (Wildman–Crippen MR) is 76.0 cm³/mol. The van der Waals surface area contributed by atoms with Crippen molar-refractivity contribution in [1.29, 1.82) is 0 Å². The maximum absolute atomic E-state index is 12.2. The van der Waals surface area contributed by atoms with Gasteiger partial charge in [-0.2, -0.15) is 0 Å². The molecule has 2 aromatic rings. The van der Waals surface area contributed by atoms with Crippen molar-refractivity contribution in [3.05, 3.63) is 46.3 Å². The van der Waals surface area contributed by atoms with Crippen molar-refractivity contribution in [3.8, 4) is 0 Å². The predicted octanol–water partition coefficient (Wildman–Crippen LogP) is 2.41. The summed E-state index contributed by atoms with van der Waals surface area (Å²) in [5.41, 5.74) is 6.72. The number of halogens is 1. The fourth-order valence-corrected chi connectivity index (χ4v) is 3.33. The van der Waals surface area contributed by atoms with Crippen LogP contribution in [0.4, 0.5) is 5.69 Å². The Labute approximate surface area is 120 Å². The van der Waals surface area contributed by atoms with E-state index >= 15 is 0 Å². The van der Waals surface area contributed by atoms with Crippen molar-refractivity contribution in [3.63, 3.8) is 0 Å². The first-order valence-electron chi connectivity index (χ1n) is 5.48. The fraction of sp³-hybridized carbons (Fsp3) is 0.167. The third-order valence-electron chi connectivity index (χ3n) is 2.60. The van der Waals surface area contributed by atoms with Crippen molar-refractivity contribution < 1.29 is 12.8 Å². The van der Waals surface area contributed by atoms with Crippen molar-refractivity contribution in [2.24, 2.45) is 0 Å². The second kappa shape index (κ2) is 5.36. The van der Waals surface area contributed by atoms with Gasteiger partial charge in [-0.3, -0.25) is 0 Å². The Morgan fingerprint density at radius 3 is 2.79 bits per heavy atom. The maximum Gasteiger partial charge on any atom is 0.241 e. The Kier molecular flexibility index (Phi) is 3.98. The number of nitrogen functional groups attached to an aromatic ring is 1. The molecule has 0 atom stereocenters. The molecule has 0 aliphatic rings. The number of furan rings is 1. The number of sulfonamides is 1. The van der Waals surface area contributed by atoms with Crippen LogP contribution >= 0.6 is 15.9 Å². The van der Waals surface area contributed by atoms with Gasteiger partial charge in [0.1, 0.15) is 5.76 Å². The minimum absolute atomic E-state index is 0.102. The minimum Gasteiger partial charge on any atom is -0.468 e. The number of aryl methyl sites for hydroxylation is 1. The lowest BCUT2D eigenvalue weighted by atomic mass is 10.2. The Balaban J connectivity index is 2.27. The van der Waals surface area contributed by atoms with Gasteiger partial charge in [-0.05, 0) is 52.7 Å². The highest BCUT2D eigenvalue weighted by molar-refractivity contribution is 9.10. The summed E-state index contributed by atoms with van der Waals surface area (Å²) < 4.78 is 32.6. The van der Waals surface area contributed by atoms with E-state index in [0.717, 1.165) is 0 Å². The lowest BCUT2D eigenvalue weighted by Crippen LogP contribution is -2.24. The van der Waals surface area contributed by atoms with Crippen molar-refractivity contribution in [2.75, 3.05) is 5.73 Å². The molecule has 1 heterocycles. The van der Waals surface area contributed by atoms with Crippen LogP contribution in [-0.2, 0) is 16.6 Å². The lowest BCUT2D eigenvalue weighted by Gasteiger charge is -2.10. The molecule has 0 amide bonds. The largest absolute Gasteiger partial charge is 0.468 e. The van der Waals surface area contributed by atoms with Crippen LogP contribution in [-0.4, -0.2) is 8.42 Å². The molecule has 0 bridgehead atoms. The van der Waals surface area contributed by atoms with Gasteiger partial charge in [0.2, 0.25) is 10.0 Å². The van der Waals surface area contributed by atoms with Gasteiger partial charge in [-0.25, -0.2) is 13.1 Å². The second-order valence-electron chi connectivity index (χ2n) is 4.04. The molecule has 0 unspecified atom stereocenters. The molecule has 0 fully saturated rings. The van der Waals surface area contributed by atoms with Gasteiger partial charge < -0.3 is 10.2 Å². The van der Waals surface area contributed by atoms with Crippen molar-refractivity contribution in [2.45, 2.75) is 18.4 Å². The van der Waals surface area contributed by atoms with Gasteiger partial charge >= 0.3 is 0 Å². The number of benzene rings is 1. The smallest absolute Gasteiger partial charge is 0.241 e. The Morgan fingerprint density at radius 1 is 1.42 bits per heavy atom. The van der Waals surface area contributed by atoms with Crippen molar-refractivity contribution in [1.82, 2.24) is 4.72 Å². The molecule has 102 valence electrons. The highest BCUT2D eigenvalue weighted by atomic mass is 79.9. The van der Waals surface area contributed by atoms with E-state index in [9.17, 15) is 8.42 Å². The molecule has 0 spiro atoms. The van der Waals surface area contributed by atoms with E-state index in [4.69, 9.17) is 10.2 Å². The van der Waals surface area contributed by atoms with Crippen LogP contribution in [0, 0.1) is 6.92 Å². The summed E-state index contributed by atoms with van der Waals surface area (Å²) in [5.74, 6) is 0.548. The summed E-state index contributed by atoms with van der Waals surface area (Å²) in [6, 6.07) is 6.51. The molecule has 0 aliphatic heterocycles. The Hall–Kier alpha value is -1.31. The van der Waals surface area contributed by atoms with E-state index in [1.807, 2.05) is 0 Å². The molecule has 0 saturated carbocycles. The molecule has 19 heavy (non-hydrogen) atoms. The van der Waals surface area contributed by atoms with E-state index in [0.29, 0.717) is 21.5 Å². The van der Waals surface area contributed by atoms with Gasteiger partial charge in [0.25, 0.3) is 0 Å². The van der Waals surface area contributed by atoms with Crippen LogP contribution in [0.1, 0.15) is 11.3 Å². The quantitative estimate of drug-likeness (QED) is 0.834. The van der Waals surface area contributed by atoms with Gasteiger partial charge in [0, 0.05) is 10.2 Å². The average molecular weight is 345 g/mol. The van der Waals surface area contributed by atoms with E-state index < -0.39 is 10.0 Å². The zero-order valence-corrected chi connectivity index (χ0v) is 12.6. The molecule has 7 heteroatoms. The van der Waals surface area contributed by atoms with Crippen LogP contribution in [0.3, 0.4) is 0 Å². The standard InChI is InChI=1S/C12H13BrN2O3S/c1-8-5-10(13)11(14)6-12(8)19(16,17)15-7-9-3-2-4-18-9/h2-6,15H,7,14H2,1H3. The van der Waals surface area contributed by atoms with Gasteiger partial charge in [0.15, 0.2) is 0 Å². The van der Waals surface area contributed by atoms with Gasteiger partial charge in [-0.1, -0.05) is 0 Å². The number of hydrogen-bond donors (Lipinski definition) is 2. The summed E-state index contributed by atoms with van der Waals surface area (Å²) >= 11 is 3.26. The summed E-state index contributed by atoms with van der Waals surface area (Å²) in [4.78, 5) is 0.166. The number of rotatable bonds is 4. The first-order valence-corrected chi connectivity index (χ1v) is 7.75. The summed E-state index contributed by atoms with van der Waals surface area (Å²) in [7, 11) is -3.62. The molecule has 0 aliphatic carbocycles. The normalized spacial score (nSPS) is 11.7. The van der Waals surface area contributed by atoms with Crippen LogP contribution in [0.5, 0.6) is 0 Å². The Morgan fingerprint density at radius 2 is 2.16 bits per heavy atom. The molecular formula is C12H13BrN2O3S. The summed E-state index contributed by atoms with van der Waals surface area (Å²) in [6.45, 7) is 1.82. The van der Waals surface area contributed by atoms with E-state index in [2.05, 4.69) is 20.7 Å². The van der Waals surface area contributed by atoms with E-state index in [1.54, 1.807) is 25.1 Å². The lowest BCUT2D eigenvalue weighted by molar-refractivity contribution is 0.498. The Bertz CT molecular complexity index is 681. The zero-order chi connectivity index (χ0) is 14.0. The molecular weight excluding hydrogens is 332 g/mol. The van der Waals surface area contributed by atoms with Crippen LogP contribution in [0.25, 0.3) is 0 Å². The molecule has 1 aromatic carbocycles. The third kappa shape index (κ3) is 3.17.